The highest BCUT2D eigenvalue weighted by atomic mass is 16.5. The Morgan fingerprint density at radius 1 is 0.865 bits per heavy atom. The quantitative estimate of drug-likeness (QED) is 0.379. The molecule has 2 aliphatic heterocycles. The van der Waals surface area contributed by atoms with Crippen LogP contribution in [0.4, 0.5) is 23.1 Å². The summed E-state index contributed by atoms with van der Waals surface area (Å²) in [4.78, 5) is 33.7. The lowest BCUT2D eigenvalue weighted by molar-refractivity contribution is 0.0504. The van der Waals surface area contributed by atoms with Crippen LogP contribution in [-0.2, 0) is 9.47 Å². The number of anilines is 4. The van der Waals surface area contributed by atoms with Crippen molar-refractivity contribution in [1.29, 1.82) is 0 Å². The van der Waals surface area contributed by atoms with Gasteiger partial charge < -0.3 is 29.6 Å². The molecule has 0 fully saturated rings. The van der Waals surface area contributed by atoms with E-state index in [1.807, 2.05) is 20.8 Å². The van der Waals surface area contributed by atoms with Crippen molar-refractivity contribution in [3.8, 4) is 11.5 Å². The molecule has 0 amide bonds. The first kappa shape index (κ1) is 24.4. The fourth-order valence-corrected chi connectivity index (χ4v) is 4.46. The molecule has 10 heteroatoms. The molecular formula is C27H28N4O6. The first-order valence-electron chi connectivity index (χ1n) is 12.2. The zero-order valence-corrected chi connectivity index (χ0v) is 21.3. The van der Waals surface area contributed by atoms with Gasteiger partial charge in [0, 0.05) is 11.8 Å². The minimum atomic E-state index is -0.374. The molecule has 37 heavy (non-hydrogen) atoms. The SMILES string of the molecule is CCOC(=O)c1ccc(Nc2ncc(C)c(Nc3ccc(C(=O)OCC)c4c3OC4C)n2)c2c1C(C)O2. The van der Waals surface area contributed by atoms with Crippen LogP contribution < -0.4 is 20.1 Å². The van der Waals surface area contributed by atoms with Crippen LogP contribution in [0.2, 0.25) is 0 Å². The van der Waals surface area contributed by atoms with Crippen LogP contribution in [0.3, 0.4) is 0 Å². The van der Waals surface area contributed by atoms with Gasteiger partial charge in [0.05, 0.1) is 46.8 Å². The summed E-state index contributed by atoms with van der Waals surface area (Å²) in [5.74, 6) is 1.35. The maximum absolute atomic E-state index is 12.3. The summed E-state index contributed by atoms with van der Waals surface area (Å²) in [6.07, 6.45) is 1.27. The second-order valence-electron chi connectivity index (χ2n) is 8.74. The van der Waals surface area contributed by atoms with Gasteiger partial charge in [-0.25, -0.2) is 14.6 Å². The molecular weight excluding hydrogens is 476 g/mol. The van der Waals surface area contributed by atoms with Gasteiger partial charge in [-0.15, -0.1) is 0 Å². The number of hydrogen-bond donors (Lipinski definition) is 2. The first-order chi connectivity index (χ1) is 17.8. The maximum Gasteiger partial charge on any atom is 0.338 e. The minimum Gasteiger partial charge on any atom is -0.483 e. The summed E-state index contributed by atoms with van der Waals surface area (Å²) in [6.45, 7) is 9.81. The number of esters is 2. The Balaban J connectivity index is 1.40. The molecule has 5 rings (SSSR count). The Morgan fingerprint density at radius 3 is 1.86 bits per heavy atom. The second-order valence-corrected chi connectivity index (χ2v) is 8.74. The molecule has 0 spiro atoms. The Morgan fingerprint density at radius 2 is 1.38 bits per heavy atom. The van der Waals surface area contributed by atoms with E-state index >= 15 is 0 Å². The summed E-state index contributed by atoms with van der Waals surface area (Å²) in [7, 11) is 0. The van der Waals surface area contributed by atoms with Gasteiger partial charge in [-0.1, -0.05) is 0 Å². The van der Waals surface area contributed by atoms with Crippen molar-refractivity contribution in [2.75, 3.05) is 23.8 Å². The molecule has 2 unspecified atom stereocenters. The fraction of sp³-hybridized carbons (Fsp3) is 0.333. The molecule has 192 valence electrons. The minimum absolute atomic E-state index is 0.210. The monoisotopic (exact) mass is 504 g/mol. The van der Waals surface area contributed by atoms with Gasteiger partial charge in [0.2, 0.25) is 5.95 Å². The summed E-state index contributed by atoms with van der Waals surface area (Å²) < 4.78 is 22.0. The molecule has 1 aromatic heterocycles. The van der Waals surface area contributed by atoms with Crippen molar-refractivity contribution in [3.05, 3.63) is 58.3 Å². The molecule has 3 aromatic rings. The van der Waals surface area contributed by atoms with Crippen molar-refractivity contribution < 1.29 is 28.5 Å². The van der Waals surface area contributed by atoms with E-state index in [-0.39, 0.29) is 24.1 Å². The number of nitrogens with zero attached hydrogens (tertiary/aromatic N) is 2. The van der Waals surface area contributed by atoms with Crippen molar-refractivity contribution >= 4 is 35.1 Å². The lowest BCUT2D eigenvalue weighted by atomic mass is 9.96. The largest absolute Gasteiger partial charge is 0.483 e. The Hall–Kier alpha value is -4.34. The van der Waals surface area contributed by atoms with E-state index in [2.05, 4.69) is 20.6 Å². The number of rotatable bonds is 8. The molecule has 2 aliphatic rings. The highest BCUT2D eigenvalue weighted by Crippen LogP contribution is 2.49. The van der Waals surface area contributed by atoms with E-state index < -0.39 is 0 Å². The second kappa shape index (κ2) is 9.61. The van der Waals surface area contributed by atoms with Crippen molar-refractivity contribution in [2.24, 2.45) is 0 Å². The molecule has 0 saturated heterocycles. The predicted octanol–water partition coefficient (Wildman–Crippen LogP) is 5.53. The van der Waals surface area contributed by atoms with E-state index in [4.69, 9.17) is 18.9 Å². The molecule has 10 nitrogen and oxygen atoms in total. The number of carbonyl (C=O) groups excluding carboxylic acids is 2. The molecule has 2 atom stereocenters. The van der Waals surface area contributed by atoms with Gasteiger partial charge in [-0.2, -0.15) is 4.98 Å². The van der Waals surface area contributed by atoms with Crippen LogP contribution >= 0.6 is 0 Å². The summed E-state index contributed by atoms with van der Waals surface area (Å²) >= 11 is 0. The Labute approximate surface area is 214 Å². The topological polar surface area (TPSA) is 121 Å². The number of fused-ring (bicyclic) bond motifs is 2. The molecule has 0 radical (unpaired) electrons. The fourth-order valence-electron chi connectivity index (χ4n) is 4.46. The lowest BCUT2D eigenvalue weighted by Gasteiger charge is -2.32. The molecule has 2 N–H and O–H groups in total. The average molecular weight is 505 g/mol. The highest BCUT2D eigenvalue weighted by molar-refractivity contribution is 5.95. The maximum atomic E-state index is 12.3. The first-order valence-corrected chi connectivity index (χ1v) is 12.2. The number of benzene rings is 2. The van der Waals surface area contributed by atoms with Gasteiger partial charge in [-0.05, 0) is 58.9 Å². The van der Waals surface area contributed by atoms with Crippen LogP contribution in [0.25, 0.3) is 0 Å². The van der Waals surface area contributed by atoms with Crippen molar-refractivity contribution in [1.82, 2.24) is 9.97 Å². The van der Waals surface area contributed by atoms with Crippen LogP contribution in [0.1, 0.15) is 77.3 Å². The average Bonchev–Trinajstić information content (AvgIpc) is 2.86. The third-order valence-corrected chi connectivity index (χ3v) is 6.26. The van der Waals surface area contributed by atoms with E-state index in [1.54, 1.807) is 44.3 Å². The van der Waals surface area contributed by atoms with Gasteiger partial charge in [0.25, 0.3) is 0 Å². The summed E-state index contributed by atoms with van der Waals surface area (Å²) in [6, 6.07) is 6.98. The molecule has 0 saturated carbocycles. The number of aromatic nitrogens is 2. The van der Waals surface area contributed by atoms with Gasteiger partial charge >= 0.3 is 11.9 Å². The van der Waals surface area contributed by atoms with E-state index in [1.165, 1.54) is 0 Å². The molecule has 2 aromatic carbocycles. The summed E-state index contributed by atoms with van der Waals surface area (Å²) in [5.41, 5.74) is 4.75. The Bertz CT molecular complexity index is 1410. The van der Waals surface area contributed by atoms with Crippen molar-refractivity contribution in [3.63, 3.8) is 0 Å². The molecule has 0 bridgehead atoms. The van der Waals surface area contributed by atoms with E-state index in [0.29, 0.717) is 59.0 Å². The lowest BCUT2D eigenvalue weighted by Crippen LogP contribution is -2.23. The number of carbonyl (C=O) groups is 2. The molecule has 3 heterocycles. The highest BCUT2D eigenvalue weighted by Gasteiger charge is 2.35. The third-order valence-electron chi connectivity index (χ3n) is 6.26. The van der Waals surface area contributed by atoms with E-state index in [9.17, 15) is 9.59 Å². The van der Waals surface area contributed by atoms with Crippen LogP contribution in [0.5, 0.6) is 11.5 Å². The third kappa shape index (κ3) is 4.28. The number of ether oxygens (including phenoxy) is 4. The molecule has 0 aliphatic carbocycles. The van der Waals surface area contributed by atoms with Gasteiger partial charge in [-0.3, -0.25) is 0 Å². The zero-order valence-electron chi connectivity index (χ0n) is 21.3. The van der Waals surface area contributed by atoms with Crippen LogP contribution in [0.15, 0.2) is 30.5 Å². The standard InChI is InChI=1S/C27H28N4O6/c1-6-34-25(32)16-8-10-18(22-20(16)14(4)36-22)29-24-13(3)12-28-27(31-24)30-19-11-9-17(26(33)35-7-2)21-15(5)37-23(19)21/h8-12,14-15H,6-7H2,1-5H3,(H2,28,29,30,31). The van der Waals surface area contributed by atoms with Gasteiger partial charge in [0.15, 0.2) is 11.5 Å². The number of nitrogens with one attached hydrogen (secondary N) is 2. The van der Waals surface area contributed by atoms with Crippen LogP contribution in [0, 0.1) is 6.92 Å². The zero-order chi connectivity index (χ0) is 26.3. The summed E-state index contributed by atoms with van der Waals surface area (Å²) in [5, 5.41) is 6.49. The predicted molar refractivity (Wildman–Crippen MR) is 136 cm³/mol. The smallest absolute Gasteiger partial charge is 0.338 e. The normalized spacial score (nSPS) is 16.6. The van der Waals surface area contributed by atoms with E-state index in [0.717, 1.165) is 16.7 Å². The Kier molecular flexibility index (Phi) is 6.32. The number of aryl methyl sites for hydroxylation is 1. The number of hydrogen-bond acceptors (Lipinski definition) is 10. The van der Waals surface area contributed by atoms with Crippen LogP contribution in [-0.4, -0.2) is 35.1 Å². The van der Waals surface area contributed by atoms with Gasteiger partial charge in [0.1, 0.15) is 18.0 Å². The van der Waals surface area contributed by atoms with Crippen molar-refractivity contribution in [2.45, 2.75) is 46.8 Å².